The molecule has 1 atom stereocenters. The molecule has 0 amide bonds. The molecule has 2 N–H and O–H groups in total. The third-order valence-electron chi connectivity index (χ3n) is 2.00. The molecule has 4 nitrogen and oxygen atoms in total. The molecule has 0 saturated carbocycles. The summed E-state index contributed by atoms with van der Waals surface area (Å²) in [5, 5.41) is 8.76. The first-order valence-corrected chi connectivity index (χ1v) is 4.21. The van der Waals surface area contributed by atoms with Crippen LogP contribution in [-0.4, -0.2) is 9.97 Å². The van der Waals surface area contributed by atoms with Gasteiger partial charge in [0.05, 0.1) is 11.9 Å². The lowest BCUT2D eigenvalue weighted by Gasteiger charge is -2.08. The Bertz CT molecular complexity index is 340. The molecule has 68 valence electrons. The number of nitriles is 1. The molecule has 1 aromatic heterocycles. The maximum Gasteiger partial charge on any atom is 0.162 e. The van der Waals surface area contributed by atoms with Gasteiger partial charge in [0.25, 0.3) is 0 Å². The summed E-state index contributed by atoms with van der Waals surface area (Å²) in [5.41, 5.74) is 6.57. The molecule has 1 heterocycles. The molecule has 4 heteroatoms. The van der Waals surface area contributed by atoms with Gasteiger partial charge < -0.3 is 5.73 Å². The standard InChI is InChI=1S/C9H12N4/c1-3-6(2)9-7(4-10)12-5-8(11)13-9/h5-6H,3H2,1-2H3,(H2,11,13)/t6-/m1/s1. The third kappa shape index (κ3) is 1.94. The lowest BCUT2D eigenvalue weighted by Crippen LogP contribution is -2.04. The van der Waals surface area contributed by atoms with E-state index in [2.05, 4.69) is 9.97 Å². The van der Waals surface area contributed by atoms with Gasteiger partial charge in [-0.25, -0.2) is 9.97 Å². The summed E-state index contributed by atoms with van der Waals surface area (Å²) in [4.78, 5) is 8.02. The zero-order valence-electron chi connectivity index (χ0n) is 7.78. The molecule has 0 aromatic carbocycles. The molecule has 0 unspecified atom stereocenters. The first-order chi connectivity index (χ1) is 6.19. The SMILES string of the molecule is CC[C@@H](C)c1nc(N)cnc1C#N. The van der Waals surface area contributed by atoms with Gasteiger partial charge in [0, 0.05) is 5.92 Å². The van der Waals surface area contributed by atoms with E-state index in [1.54, 1.807) is 0 Å². The van der Waals surface area contributed by atoms with Gasteiger partial charge in [-0.15, -0.1) is 0 Å². The molecular formula is C9H12N4. The predicted molar refractivity (Wildman–Crippen MR) is 49.9 cm³/mol. The molecule has 0 aliphatic heterocycles. The molecular weight excluding hydrogens is 164 g/mol. The van der Waals surface area contributed by atoms with Crippen molar-refractivity contribution < 1.29 is 0 Å². The molecule has 13 heavy (non-hydrogen) atoms. The Labute approximate surface area is 77.4 Å². The van der Waals surface area contributed by atoms with Crippen LogP contribution in [0.15, 0.2) is 6.20 Å². The number of anilines is 1. The minimum absolute atomic E-state index is 0.227. The molecule has 1 aromatic rings. The van der Waals surface area contributed by atoms with Crippen LogP contribution in [0.1, 0.15) is 37.6 Å². The quantitative estimate of drug-likeness (QED) is 0.739. The van der Waals surface area contributed by atoms with Crippen LogP contribution in [0.5, 0.6) is 0 Å². The van der Waals surface area contributed by atoms with Gasteiger partial charge in [0.1, 0.15) is 11.9 Å². The fourth-order valence-corrected chi connectivity index (χ4v) is 1.04. The number of hydrogen-bond donors (Lipinski definition) is 1. The van der Waals surface area contributed by atoms with E-state index in [-0.39, 0.29) is 5.92 Å². The number of aromatic nitrogens is 2. The molecule has 0 spiro atoms. The van der Waals surface area contributed by atoms with Crippen molar-refractivity contribution in [3.63, 3.8) is 0 Å². The zero-order valence-corrected chi connectivity index (χ0v) is 7.78. The van der Waals surface area contributed by atoms with E-state index in [9.17, 15) is 0 Å². The molecule has 0 saturated heterocycles. The van der Waals surface area contributed by atoms with Crippen LogP contribution in [0.4, 0.5) is 5.82 Å². The Hall–Kier alpha value is -1.63. The van der Waals surface area contributed by atoms with Crippen molar-refractivity contribution in [3.8, 4) is 6.07 Å². The Morgan fingerprint density at radius 1 is 1.69 bits per heavy atom. The maximum absolute atomic E-state index is 8.76. The highest BCUT2D eigenvalue weighted by Gasteiger charge is 2.11. The van der Waals surface area contributed by atoms with Crippen LogP contribution in [0.3, 0.4) is 0 Å². The van der Waals surface area contributed by atoms with Gasteiger partial charge in [0.15, 0.2) is 5.69 Å². The van der Waals surface area contributed by atoms with E-state index in [0.29, 0.717) is 17.2 Å². The highest BCUT2D eigenvalue weighted by Crippen LogP contribution is 2.19. The first-order valence-electron chi connectivity index (χ1n) is 4.21. The van der Waals surface area contributed by atoms with Crippen LogP contribution >= 0.6 is 0 Å². The Balaban J connectivity index is 3.17. The number of nitrogen functional groups attached to an aromatic ring is 1. The Morgan fingerprint density at radius 3 is 2.92 bits per heavy atom. The predicted octanol–water partition coefficient (Wildman–Crippen LogP) is 1.44. The van der Waals surface area contributed by atoms with E-state index in [4.69, 9.17) is 11.0 Å². The lowest BCUT2D eigenvalue weighted by atomic mass is 10.0. The second kappa shape index (κ2) is 3.85. The van der Waals surface area contributed by atoms with Crippen LogP contribution in [-0.2, 0) is 0 Å². The average molecular weight is 176 g/mol. The van der Waals surface area contributed by atoms with Crippen LogP contribution < -0.4 is 5.73 Å². The fraction of sp³-hybridized carbons (Fsp3) is 0.444. The van der Waals surface area contributed by atoms with Gasteiger partial charge in [-0.2, -0.15) is 5.26 Å². The van der Waals surface area contributed by atoms with Crippen molar-refractivity contribution >= 4 is 5.82 Å². The monoisotopic (exact) mass is 176 g/mol. The van der Waals surface area contributed by atoms with Gasteiger partial charge in [-0.1, -0.05) is 13.8 Å². The minimum atomic E-state index is 0.227. The lowest BCUT2D eigenvalue weighted by molar-refractivity contribution is 0.701. The molecule has 0 bridgehead atoms. The normalized spacial score (nSPS) is 12.1. The van der Waals surface area contributed by atoms with Crippen LogP contribution in [0, 0.1) is 11.3 Å². The molecule has 0 aliphatic rings. The van der Waals surface area contributed by atoms with Gasteiger partial charge in [-0.05, 0) is 6.42 Å². The van der Waals surface area contributed by atoms with E-state index in [1.807, 2.05) is 19.9 Å². The number of hydrogen-bond acceptors (Lipinski definition) is 4. The molecule has 0 fully saturated rings. The van der Waals surface area contributed by atoms with E-state index >= 15 is 0 Å². The number of rotatable bonds is 2. The minimum Gasteiger partial charge on any atom is -0.382 e. The fourth-order valence-electron chi connectivity index (χ4n) is 1.04. The second-order valence-corrected chi connectivity index (χ2v) is 2.95. The average Bonchev–Trinajstić information content (AvgIpc) is 2.16. The van der Waals surface area contributed by atoms with E-state index < -0.39 is 0 Å². The summed E-state index contributed by atoms with van der Waals surface area (Å²) < 4.78 is 0. The molecule has 0 aliphatic carbocycles. The van der Waals surface area contributed by atoms with E-state index in [1.165, 1.54) is 6.20 Å². The van der Waals surface area contributed by atoms with Gasteiger partial charge in [0.2, 0.25) is 0 Å². The third-order valence-corrected chi connectivity index (χ3v) is 2.00. The summed E-state index contributed by atoms with van der Waals surface area (Å²) >= 11 is 0. The van der Waals surface area contributed by atoms with Crippen molar-refractivity contribution in [1.82, 2.24) is 9.97 Å². The van der Waals surface area contributed by atoms with Crippen molar-refractivity contribution in [1.29, 1.82) is 5.26 Å². The van der Waals surface area contributed by atoms with Crippen LogP contribution in [0.2, 0.25) is 0 Å². The van der Waals surface area contributed by atoms with Crippen molar-refractivity contribution in [3.05, 3.63) is 17.6 Å². The summed E-state index contributed by atoms with van der Waals surface area (Å²) in [7, 11) is 0. The second-order valence-electron chi connectivity index (χ2n) is 2.95. The van der Waals surface area contributed by atoms with Crippen molar-refractivity contribution in [2.75, 3.05) is 5.73 Å². The Morgan fingerprint density at radius 2 is 2.38 bits per heavy atom. The summed E-state index contributed by atoms with van der Waals surface area (Å²) in [6.45, 7) is 4.04. The largest absolute Gasteiger partial charge is 0.382 e. The summed E-state index contributed by atoms with van der Waals surface area (Å²) in [6, 6.07) is 2.01. The molecule has 0 radical (unpaired) electrons. The zero-order chi connectivity index (χ0) is 9.84. The first kappa shape index (κ1) is 9.46. The van der Waals surface area contributed by atoms with Crippen molar-refractivity contribution in [2.45, 2.75) is 26.2 Å². The maximum atomic E-state index is 8.76. The van der Waals surface area contributed by atoms with Gasteiger partial charge in [-0.3, -0.25) is 0 Å². The number of nitrogens with zero attached hydrogens (tertiary/aromatic N) is 3. The number of nitrogens with two attached hydrogens (primary N) is 1. The summed E-state index contributed by atoms with van der Waals surface area (Å²) in [5.74, 6) is 0.597. The highest BCUT2D eigenvalue weighted by atomic mass is 14.9. The Kier molecular flexibility index (Phi) is 2.80. The van der Waals surface area contributed by atoms with Crippen molar-refractivity contribution in [2.24, 2.45) is 0 Å². The topological polar surface area (TPSA) is 75.6 Å². The highest BCUT2D eigenvalue weighted by molar-refractivity contribution is 5.35. The van der Waals surface area contributed by atoms with E-state index in [0.717, 1.165) is 6.42 Å². The smallest absolute Gasteiger partial charge is 0.162 e. The van der Waals surface area contributed by atoms with Gasteiger partial charge >= 0.3 is 0 Å². The molecule has 1 rings (SSSR count). The van der Waals surface area contributed by atoms with Crippen LogP contribution in [0.25, 0.3) is 0 Å². The summed E-state index contributed by atoms with van der Waals surface area (Å²) in [6.07, 6.45) is 2.33.